The van der Waals surface area contributed by atoms with E-state index in [1.54, 1.807) is 4.90 Å². The molecule has 0 spiro atoms. The summed E-state index contributed by atoms with van der Waals surface area (Å²) in [4.78, 5) is 33.5. The number of thioether (sulfide) groups is 1. The monoisotopic (exact) mass is 461 g/mol. The zero-order chi connectivity index (χ0) is 22.7. The fourth-order valence-electron chi connectivity index (χ4n) is 3.95. The Bertz CT molecular complexity index is 937. The second kappa shape index (κ2) is 10.0. The summed E-state index contributed by atoms with van der Waals surface area (Å²) < 4.78 is 19.6. The van der Waals surface area contributed by atoms with Gasteiger partial charge in [0.1, 0.15) is 11.6 Å². The van der Waals surface area contributed by atoms with E-state index in [-0.39, 0.29) is 11.7 Å². The van der Waals surface area contributed by atoms with Crippen LogP contribution in [0.3, 0.4) is 0 Å². The Kier molecular flexibility index (Phi) is 7.12. The van der Waals surface area contributed by atoms with Crippen molar-refractivity contribution in [1.82, 2.24) is 20.2 Å². The molecule has 32 heavy (non-hydrogen) atoms. The number of hydrogen-bond donors (Lipinski definition) is 1. The first-order valence-electron chi connectivity index (χ1n) is 10.9. The molecule has 3 aliphatic rings. The van der Waals surface area contributed by atoms with Crippen LogP contribution in [0.15, 0.2) is 28.1 Å². The Morgan fingerprint density at radius 3 is 2.75 bits per heavy atom. The SMILES string of the molecule is CN(C)C1CCN(C(=O)Oc2ccc(F)cc2/C=C2/SC(N3CCCCN3)=NC2=O)CC1. The van der Waals surface area contributed by atoms with Crippen molar-refractivity contribution in [3.63, 3.8) is 0 Å². The molecule has 8 nitrogen and oxygen atoms in total. The summed E-state index contributed by atoms with van der Waals surface area (Å²) in [5.41, 5.74) is 3.56. The molecule has 10 heteroatoms. The zero-order valence-electron chi connectivity index (χ0n) is 18.3. The maximum absolute atomic E-state index is 14.0. The van der Waals surface area contributed by atoms with Crippen LogP contribution in [0.5, 0.6) is 5.75 Å². The number of piperidine rings is 1. The summed E-state index contributed by atoms with van der Waals surface area (Å²) in [6.07, 6.45) is 4.92. The first-order chi connectivity index (χ1) is 15.4. The second-order valence-corrected chi connectivity index (χ2v) is 9.32. The van der Waals surface area contributed by atoms with Gasteiger partial charge in [-0.15, -0.1) is 0 Å². The number of ether oxygens (including phenoxy) is 1. The van der Waals surface area contributed by atoms with Gasteiger partial charge in [0, 0.05) is 37.8 Å². The van der Waals surface area contributed by atoms with E-state index in [4.69, 9.17) is 4.74 Å². The molecule has 0 aliphatic carbocycles. The van der Waals surface area contributed by atoms with Crippen molar-refractivity contribution in [3.05, 3.63) is 34.5 Å². The van der Waals surface area contributed by atoms with Gasteiger partial charge in [-0.05, 0) is 75.8 Å². The van der Waals surface area contributed by atoms with Crippen molar-refractivity contribution in [1.29, 1.82) is 0 Å². The number of nitrogens with one attached hydrogen (secondary N) is 1. The average Bonchev–Trinajstić information content (AvgIpc) is 3.16. The van der Waals surface area contributed by atoms with Gasteiger partial charge in [-0.3, -0.25) is 9.80 Å². The third kappa shape index (κ3) is 5.31. The normalized spacial score (nSPS) is 21.4. The fourth-order valence-corrected chi connectivity index (χ4v) is 4.86. The number of likely N-dealkylation sites (tertiary alicyclic amines) is 1. The highest BCUT2D eigenvalue weighted by molar-refractivity contribution is 8.18. The molecule has 0 atom stereocenters. The van der Waals surface area contributed by atoms with Gasteiger partial charge in [0.15, 0.2) is 5.17 Å². The van der Waals surface area contributed by atoms with Gasteiger partial charge in [0.25, 0.3) is 5.91 Å². The van der Waals surface area contributed by atoms with E-state index < -0.39 is 11.9 Å². The van der Waals surface area contributed by atoms with E-state index in [0.29, 0.717) is 34.8 Å². The number of halogens is 1. The summed E-state index contributed by atoms with van der Waals surface area (Å²) in [6.45, 7) is 2.82. The topological polar surface area (TPSA) is 77.5 Å². The predicted octanol–water partition coefficient (Wildman–Crippen LogP) is 2.92. The van der Waals surface area contributed by atoms with E-state index in [0.717, 1.165) is 38.8 Å². The van der Waals surface area contributed by atoms with E-state index in [9.17, 15) is 14.0 Å². The number of benzene rings is 1. The quantitative estimate of drug-likeness (QED) is 0.694. The number of nitrogens with zero attached hydrogens (tertiary/aromatic N) is 4. The van der Waals surface area contributed by atoms with Crippen molar-refractivity contribution in [2.75, 3.05) is 40.3 Å². The molecule has 1 aromatic rings. The molecular formula is C22H28FN5O3S. The van der Waals surface area contributed by atoms with Gasteiger partial charge in [-0.25, -0.2) is 14.6 Å². The maximum atomic E-state index is 14.0. The van der Waals surface area contributed by atoms with Gasteiger partial charge in [-0.1, -0.05) is 0 Å². The zero-order valence-corrected chi connectivity index (χ0v) is 19.2. The smallest absolute Gasteiger partial charge is 0.410 e. The minimum absolute atomic E-state index is 0.219. The lowest BCUT2D eigenvalue weighted by atomic mass is 10.0. The van der Waals surface area contributed by atoms with E-state index in [1.807, 2.05) is 19.1 Å². The number of aliphatic imine (C=N–C) groups is 1. The minimum Gasteiger partial charge on any atom is -0.410 e. The van der Waals surface area contributed by atoms with Crippen LogP contribution in [0.4, 0.5) is 9.18 Å². The average molecular weight is 462 g/mol. The Labute approximate surface area is 191 Å². The molecule has 4 rings (SSSR count). The maximum Gasteiger partial charge on any atom is 0.415 e. The van der Waals surface area contributed by atoms with Crippen LogP contribution >= 0.6 is 11.8 Å². The van der Waals surface area contributed by atoms with Gasteiger partial charge in [0.05, 0.1) is 4.91 Å². The second-order valence-electron chi connectivity index (χ2n) is 8.31. The third-order valence-electron chi connectivity index (χ3n) is 5.86. The van der Waals surface area contributed by atoms with Crippen LogP contribution in [0.25, 0.3) is 6.08 Å². The lowest BCUT2D eigenvalue weighted by molar-refractivity contribution is -0.113. The summed E-state index contributed by atoms with van der Waals surface area (Å²) in [5, 5.41) is 2.45. The van der Waals surface area contributed by atoms with E-state index in [2.05, 4.69) is 15.3 Å². The molecule has 0 unspecified atom stereocenters. The molecule has 2 saturated heterocycles. The van der Waals surface area contributed by atoms with Crippen LogP contribution in [0.2, 0.25) is 0 Å². The highest BCUT2D eigenvalue weighted by Crippen LogP contribution is 2.33. The van der Waals surface area contributed by atoms with Crippen molar-refractivity contribution in [3.8, 4) is 5.75 Å². The largest absolute Gasteiger partial charge is 0.415 e. The van der Waals surface area contributed by atoms with Crippen molar-refractivity contribution < 1.29 is 18.7 Å². The Balaban J connectivity index is 1.46. The van der Waals surface area contributed by atoms with Crippen LogP contribution in [0.1, 0.15) is 31.2 Å². The number of hydrogen-bond acceptors (Lipinski definition) is 7. The lowest BCUT2D eigenvalue weighted by Gasteiger charge is -2.34. The summed E-state index contributed by atoms with van der Waals surface area (Å²) in [7, 11) is 4.07. The molecule has 3 aliphatic heterocycles. The Hall–Kier alpha value is -2.43. The lowest BCUT2D eigenvalue weighted by Crippen LogP contribution is -2.45. The number of amides is 2. The molecule has 0 bridgehead atoms. The number of hydrazine groups is 1. The van der Waals surface area contributed by atoms with Gasteiger partial charge >= 0.3 is 6.09 Å². The number of amidine groups is 1. The van der Waals surface area contributed by atoms with Crippen LogP contribution in [-0.4, -0.2) is 78.3 Å². The summed E-state index contributed by atoms with van der Waals surface area (Å²) in [5.74, 6) is -0.640. The molecular weight excluding hydrogens is 433 g/mol. The number of rotatable bonds is 3. The summed E-state index contributed by atoms with van der Waals surface area (Å²) in [6, 6.07) is 4.37. The molecule has 1 N–H and O–H groups in total. The molecule has 0 aromatic heterocycles. The third-order valence-corrected chi connectivity index (χ3v) is 6.87. The fraction of sp³-hybridized carbons (Fsp3) is 0.500. The van der Waals surface area contributed by atoms with Crippen molar-refractivity contribution >= 4 is 35.0 Å². The number of carbonyl (C=O) groups excluding carboxylic acids is 2. The molecule has 2 amide bonds. The molecule has 0 saturated carbocycles. The van der Waals surface area contributed by atoms with Gasteiger partial charge in [0.2, 0.25) is 0 Å². The molecule has 1 aromatic carbocycles. The van der Waals surface area contributed by atoms with Crippen molar-refractivity contribution in [2.24, 2.45) is 4.99 Å². The van der Waals surface area contributed by atoms with E-state index >= 15 is 0 Å². The number of carbonyl (C=O) groups is 2. The standard InChI is InChI=1S/C22H28FN5O3S/c1-26(2)17-7-11-27(12-8-17)22(30)31-18-6-5-16(23)13-15(18)14-19-20(29)25-21(32-19)28-10-4-3-9-24-28/h5-6,13-14,17,24H,3-4,7-12H2,1-2H3/b19-14+. The van der Waals surface area contributed by atoms with Crippen LogP contribution in [-0.2, 0) is 4.79 Å². The minimum atomic E-state index is -0.474. The highest BCUT2D eigenvalue weighted by atomic mass is 32.2. The highest BCUT2D eigenvalue weighted by Gasteiger charge is 2.28. The van der Waals surface area contributed by atoms with Crippen LogP contribution < -0.4 is 10.2 Å². The Morgan fingerprint density at radius 1 is 1.28 bits per heavy atom. The van der Waals surface area contributed by atoms with E-state index in [1.165, 1.54) is 36.0 Å². The molecule has 172 valence electrons. The Morgan fingerprint density at radius 2 is 2.06 bits per heavy atom. The predicted molar refractivity (Wildman–Crippen MR) is 123 cm³/mol. The van der Waals surface area contributed by atoms with Gasteiger partial charge < -0.3 is 14.5 Å². The van der Waals surface area contributed by atoms with Crippen molar-refractivity contribution in [2.45, 2.75) is 31.7 Å². The van der Waals surface area contributed by atoms with Crippen LogP contribution in [0, 0.1) is 5.82 Å². The molecule has 0 radical (unpaired) electrons. The summed E-state index contributed by atoms with van der Waals surface area (Å²) >= 11 is 1.23. The first kappa shape index (κ1) is 22.8. The molecule has 3 heterocycles. The first-order valence-corrected chi connectivity index (χ1v) is 11.7. The van der Waals surface area contributed by atoms with Gasteiger partial charge in [-0.2, -0.15) is 4.99 Å². The molecule has 2 fully saturated rings.